The molecular formula is C24H40FIN4O2. The van der Waals surface area contributed by atoms with E-state index in [2.05, 4.69) is 34.4 Å². The third-order valence-corrected chi connectivity index (χ3v) is 6.54. The minimum Gasteiger partial charge on any atom is -0.381 e. The Bertz CT molecular complexity index is 690. The van der Waals surface area contributed by atoms with Crippen LogP contribution in [0, 0.1) is 11.7 Å². The molecular weight excluding hydrogens is 522 g/mol. The molecule has 32 heavy (non-hydrogen) atoms. The average Bonchev–Trinajstić information content (AvgIpc) is 2.79. The van der Waals surface area contributed by atoms with Gasteiger partial charge in [-0.25, -0.2) is 4.39 Å². The van der Waals surface area contributed by atoms with Crippen LogP contribution >= 0.6 is 24.0 Å². The second kappa shape index (κ2) is 13.7. The van der Waals surface area contributed by atoms with Crippen LogP contribution in [0.15, 0.2) is 29.3 Å². The largest absolute Gasteiger partial charge is 0.381 e. The maximum Gasteiger partial charge on any atom is 0.191 e. The zero-order valence-corrected chi connectivity index (χ0v) is 22.1. The molecule has 0 spiro atoms. The van der Waals surface area contributed by atoms with Gasteiger partial charge in [0, 0.05) is 57.9 Å². The lowest BCUT2D eigenvalue weighted by atomic mass is 9.74. The Hall–Kier alpha value is -0.970. The molecule has 1 aromatic carbocycles. The summed E-state index contributed by atoms with van der Waals surface area (Å²) in [6.07, 6.45) is 2.96. The van der Waals surface area contributed by atoms with Crippen molar-refractivity contribution in [3.63, 3.8) is 0 Å². The number of aliphatic imine (C=N–C) groups is 1. The molecule has 0 aromatic heterocycles. The first-order valence-electron chi connectivity index (χ1n) is 11.6. The van der Waals surface area contributed by atoms with E-state index in [1.807, 2.05) is 19.2 Å². The zero-order valence-electron chi connectivity index (χ0n) is 19.7. The Labute approximate surface area is 209 Å². The fourth-order valence-electron chi connectivity index (χ4n) is 4.67. The van der Waals surface area contributed by atoms with E-state index in [4.69, 9.17) is 9.47 Å². The van der Waals surface area contributed by atoms with Gasteiger partial charge in [-0.05, 0) is 42.9 Å². The van der Waals surface area contributed by atoms with E-state index < -0.39 is 0 Å². The number of guanidine groups is 1. The van der Waals surface area contributed by atoms with Gasteiger partial charge in [-0.1, -0.05) is 26.0 Å². The van der Waals surface area contributed by atoms with E-state index in [0.717, 1.165) is 83.4 Å². The number of hydrogen-bond acceptors (Lipinski definition) is 4. The fraction of sp³-hybridized carbons (Fsp3) is 0.708. The zero-order chi connectivity index (χ0) is 22.1. The molecule has 2 saturated heterocycles. The Kier molecular flexibility index (Phi) is 11.7. The molecule has 2 aliphatic rings. The first-order chi connectivity index (χ1) is 15.0. The standard InChI is InChI=1S/C24H39FN4O2.HI/c1-19(2)16-22(29-10-14-31-15-11-29)17-27-23(26-3)28-18-24(8-12-30-13-9-24)20-4-6-21(25)7-5-20;/h4-7,19,22H,8-18H2,1-3H3,(H2,26,27,28);1H. The highest BCUT2D eigenvalue weighted by atomic mass is 127. The van der Waals surface area contributed by atoms with Crippen molar-refractivity contribution in [1.82, 2.24) is 15.5 Å². The summed E-state index contributed by atoms with van der Waals surface area (Å²) in [5.74, 6) is 1.25. The Morgan fingerprint density at radius 2 is 1.69 bits per heavy atom. The van der Waals surface area contributed by atoms with Crippen LogP contribution in [0.4, 0.5) is 4.39 Å². The van der Waals surface area contributed by atoms with Gasteiger partial charge in [0.15, 0.2) is 5.96 Å². The van der Waals surface area contributed by atoms with Crippen LogP contribution in [0.1, 0.15) is 38.7 Å². The predicted molar refractivity (Wildman–Crippen MR) is 139 cm³/mol. The van der Waals surface area contributed by atoms with Crippen molar-refractivity contribution < 1.29 is 13.9 Å². The molecule has 1 unspecified atom stereocenters. The fourth-order valence-corrected chi connectivity index (χ4v) is 4.67. The summed E-state index contributed by atoms with van der Waals surface area (Å²) >= 11 is 0. The summed E-state index contributed by atoms with van der Waals surface area (Å²) in [4.78, 5) is 7.00. The highest BCUT2D eigenvalue weighted by Gasteiger charge is 2.34. The number of nitrogens with zero attached hydrogens (tertiary/aromatic N) is 2. The maximum absolute atomic E-state index is 13.5. The lowest BCUT2D eigenvalue weighted by Gasteiger charge is -2.39. The third-order valence-electron chi connectivity index (χ3n) is 6.54. The molecule has 182 valence electrons. The summed E-state index contributed by atoms with van der Waals surface area (Å²) in [6, 6.07) is 7.39. The van der Waals surface area contributed by atoms with Crippen molar-refractivity contribution in [3.8, 4) is 0 Å². The van der Waals surface area contributed by atoms with Crippen LogP contribution in [0.25, 0.3) is 0 Å². The summed E-state index contributed by atoms with van der Waals surface area (Å²) in [5, 5.41) is 7.11. The van der Waals surface area contributed by atoms with Crippen LogP contribution in [-0.4, -0.2) is 76.6 Å². The molecule has 1 aromatic rings. The third kappa shape index (κ3) is 7.81. The molecule has 3 rings (SSSR count). The molecule has 0 amide bonds. The second-order valence-electron chi connectivity index (χ2n) is 9.14. The lowest BCUT2D eigenvalue weighted by Crippen LogP contribution is -2.52. The predicted octanol–water partition coefficient (Wildman–Crippen LogP) is 3.40. The van der Waals surface area contributed by atoms with Gasteiger partial charge in [0.1, 0.15) is 5.82 Å². The van der Waals surface area contributed by atoms with Crippen LogP contribution in [0.3, 0.4) is 0 Å². The van der Waals surface area contributed by atoms with Crippen molar-refractivity contribution in [2.75, 3.05) is 59.7 Å². The van der Waals surface area contributed by atoms with E-state index in [0.29, 0.717) is 12.0 Å². The van der Waals surface area contributed by atoms with E-state index >= 15 is 0 Å². The maximum atomic E-state index is 13.5. The van der Waals surface area contributed by atoms with E-state index in [1.165, 1.54) is 0 Å². The smallest absolute Gasteiger partial charge is 0.191 e. The molecule has 0 radical (unpaired) electrons. The minimum absolute atomic E-state index is 0. The van der Waals surface area contributed by atoms with Gasteiger partial charge in [0.05, 0.1) is 13.2 Å². The van der Waals surface area contributed by atoms with Gasteiger partial charge in [-0.2, -0.15) is 0 Å². The van der Waals surface area contributed by atoms with Gasteiger partial charge in [-0.3, -0.25) is 9.89 Å². The average molecular weight is 563 g/mol. The number of ether oxygens (including phenoxy) is 2. The van der Waals surface area contributed by atoms with Gasteiger partial charge < -0.3 is 20.1 Å². The molecule has 2 N–H and O–H groups in total. The first-order valence-corrected chi connectivity index (χ1v) is 11.6. The molecule has 1 atom stereocenters. The van der Waals surface area contributed by atoms with Gasteiger partial charge in [0.2, 0.25) is 0 Å². The van der Waals surface area contributed by atoms with E-state index in [1.54, 1.807) is 12.1 Å². The number of benzene rings is 1. The van der Waals surface area contributed by atoms with Crippen molar-refractivity contribution >= 4 is 29.9 Å². The molecule has 2 heterocycles. The molecule has 0 saturated carbocycles. The Morgan fingerprint density at radius 3 is 2.28 bits per heavy atom. The van der Waals surface area contributed by atoms with E-state index in [-0.39, 0.29) is 35.2 Å². The topological polar surface area (TPSA) is 58.1 Å². The molecule has 6 nitrogen and oxygen atoms in total. The van der Waals surface area contributed by atoms with Crippen molar-refractivity contribution in [1.29, 1.82) is 0 Å². The van der Waals surface area contributed by atoms with Gasteiger partial charge in [0.25, 0.3) is 0 Å². The molecule has 0 aliphatic carbocycles. The highest BCUT2D eigenvalue weighted by Crippen LogP contribution is 2.34. The van der Waals surface area contributed by atoms with Crippen molar-refractivity contribution in [3.05, 3.63) is 35.6 Å². The quantitative estimate of drug-likeness (QED) is 0.289. The summed E-state index contributed by atoms with van der Waals surface area (Å²) < 4.78 is 24.6. The lowest BCUT2D eigenvalue weighted by molar-refractivity contribution is 0.0132. The van der Waals surface area contributed by atoms with Crippen LogP contribution < -0.4 is 10.6 Å². The Morgan fingerprint density at radius 1 is 1.06 bits per heavy atom. The second-order valence-corrected chi connectivity index (χ2v) is 9.14. The van der Waals surface area contributed by atoms with Gasteiger partial charge >= 0.3 is 0 Å². The summed E-state index contributed by atoms with van der Waals surface area (Å²) in [6.45, 7) is 11.2. The molecule has 0 bridgehead atoms. The SMILES string of the molecule is CN=C(NCC(CC(C)C)N1CCOCC1)NCC1(c2ccc(F)cc2)CCOCC1.I. The Balaban J connectivity index is 0.00000363. The number of hydrogen-bond donors (Lipinski definition) is 2. The summed E-state index contributed by atoms with van der Waals surface area (Å²) in [7, 11) is 1.82. The van der Waals surface area contributed by atoms with Crippen LogP contribution in [-0.2, 0) is 14.9 Å². The monoisotopic (exact) mass is 562 g/mol. The normalized spacial score (nSPS) is 20.5. The molecule has 2 aliphatic heterocycles. The van der Waals surface area contributed by atoms with E-state index in [9.17, 15) is 4.39 Å². The minimum atomic E-state index is -0.198. The number of rotatable bonds is 8. The van der Waals surface area contributed by atoms with Crippen LogP contribution in [0.5, 0.6) is 0 Å². The number of nitrogens with one attached hydrogen (secondary N) is 2. The van der Waals surface area contributed by atoms with Crippen molar-refractivity contribution in [2.24, 2.45) is 10.9 Å². The number of morpholine rings is 1. The molecule has 2 fully saturated rings. The summed E-state index contributed by atoms with van der Waals surface area (Å²) in [5.41, 5.74) is 1.08. The van der Waals surface area contributed by atoms with Gasteiger partial charge in [-0.15, -0.1) is 24.0 Å². The number of halogens is 2. The first kappa shape index (κ1) is 27.3. The van der Waals surface area contributed by atoms with Crippen molar-refractivity contribution in [2.45, 2.75) is 44.6 Å². The molecule has 8 heteroatoms. The van der Waals surface area contributed by atoms with Crippen LogP contribution in [0.2, 0.25) is 0 Å². The highest BCUT2D eigenvalue weighted by molar-refractivity contribution is 14.0.